The van der Waals surface area contributed by atoms with Crippen LogP contribution in [-0.4, -0.2) is 49.9 Å². The summed E-state index contributed by atoms with van der Waals surface area (Å²) in [5.74, 6) is 0.807. The number of carbonyl (C=O) groups is 1. The van der Waals surface area contributed by atoms with Crippen LogP contribution in [0.15, 0.2) is 30.6 Å². The van der Waals surface area contributed by atoms with Gasteiger partial charge in [0, 0.05) is 29.8 Å². The van der Waals surface area contributed by atoms with Crippen molar-refractivity contribution in [3.8, 4) is 11.4 Å². The fourth-order valence-corrected chi connectivity index (χ4v) is 3.71. The smallest absolute Gasteiger partial charge is 0.254 e. The van der Waals surface area contributed by atoms with E-state index in [0.717, 1.165) is 37.1 Å². The van der Waals surface area contributed by atoms with Gasteiger partial charge in [0.2, 0.25) is 0 Å². The van der Waals surface area contributed by atoms with Gasteiger partial charge in [0.1, 0.15) is 6.33 Å². The summed E-state index contributed by atoms with van der Waals surface area (Å²) in [6.45, 7) is 4.52. The molecule has 1 aliphatic rings. The molecule has 1 aromatic carbocycles. The molecule has 1 amide bonds. The third-order valence-electron chi connectivity index (χ3n) is 5.07. The zero-order chi connectivity index (χ0) is 18.5. The predicted octanol–water partition coefficient (Wildman–Crippen LogP) is 3.29. The minimum atomic E-state index is -0.00217. The lowest BCUT2D eigenvalue weighted by Crippen LogP contribution is -2.43. The number of benzene rings is 1. The van der Waals surface area contributed by atoms with Crippen LogP contribution in [-0.2, 0) is 0 Å². The fraction of sp³-hybridized carbons (Fsp3) is 0.550. The van der Waals surface area contributed by atoms with E-state index < -0.39 is 0 Å². The predicted molar refractivity (Wildman–Crippen MR) is 101 cm³/mol. The van der Waals surface area contributed by atoms with Gasteiger partial charge in [-0.2, -0.15) is 5.10 Å². The van der Waals surface area contributed by atoms with E-state index in [0.29, 0.717) is 12.1 Å². The zero-order valence-electron chi connectivity index (χ0n) is 15.6. The molecule has 6 heteroatoms. The molecule has 6 nitrogen and oxygen atoms in total. The Morgan fingerprint density at radius 3 is 2.54 bits per heavy atom. The Morgan fingerprint density at radius 1 is 1.23 bits per heavy atom. The maximum Gasteiger partial charge on any atom is 0.254 e. The Balaban J connectivity index is 1.79. The van der Waals surface area contributed by atoms with Crippen LogP contribution in [0.1, 0.15) is 62.4 Å². The highest BCUT2D eigenvalue weighted by atomic mass is 16.3. The largest absolute Gasteiger partial charge is 0.395 e. The number of aliphatic hydroxyl groups excluding tert-OH is 1. The summed E-state index contributed by atoms with van der Waals surface area (Å²) >= 11 is 0. The highest BCUT2D eigenvalue weighted by Crippen LogP contribution is 2.25. The molecule has 3 rings (SSSR count). The maximum atomic E-state index is 13.0. The highest BCUT2D eigenvalue weighted by Gasteiger charge is 2.26. The van der Waals surface area contributed by atoms with Gasteiger partial charge in [-0.3, -0.25) is 4.79 Å². The van der Waals surface area contributed by atoms with Gasteiger partial charge in [-0.25, -0.2) is 9.67 Å². The first-order chi connectivity index (χ1) is 12.6. The molecule has 1 heterocycles. The van der Waals surface area contributed by atoms with Gasteiger partial charge in [0.25, 0.3) is 5.91 Å². The molecule has 0 aliphatic heterocycles. The Morgan fingerprint density at radius 2 is 1.92 bits per heavy atom. The van der Waals surface area contributed by atoms with E-state index in [1.165, 1.54) is 6.42 Å². The SMILES string of the molecule is CC(C)n1ncnc1-c1ccc(C(=O)N(CCO)C2CCCCC2)cc1. The minimum Gasteiger partial charge on any atom is -0.395 e. The molecule has 0 spiro atoms. The van der Waals surface area contributed by atoms with Crippen LogP contribution < -0.4 is 0 Å². The van der Waals surface area contributed by atoms with Crippen LogP contribution in [0.4, 0.5) is 0 Å². The number of carbonyl (C=O) groups excluding carboxylic acids is 1. The molecule has 0 saturated heterocycles. The molecule has 140 valence electrons. The number of aromatic nitrogens is 3. The molecular weight excluding hydrogens is 328 g/mol. The average molecular weight is 356 g/mol. The summed E-state index contributed by atoms with van der Waals surface area (Å²) < 4.78 is 1.87. The maximum absolute atomic E-state index is 13.0. The quantitative estimate of drug-likeness (QED) is 0.862. The van der Waals surface area contributed by atoms with Crippen molar-refractivity contribution in [2.24, 2.45) is 0 Å². The van der Waals surface area contributed by atoms with Gasteiger partial charge in [-0.1, -0.05) is 31.4 Å². The van der Waals surface area contributed by atoms with Crippen molar-refractivity contribution in [1.82, 2.24) is 19.7 Å². The number of nitrogens with zero attached hydrogens (tertiary/aromatic N) is 4. The summed E-state index contributed by atoms with van der Waals surface area (Å²) in [6, 6.07) is 8.02. The van der Waals surface area contributed by atoms with Gasteiger partial charge in [-0.15, -0.1) is 0 Å². The first kappa shape index (κ1) is 18.6. The van der Waals surface area contributed by atoms with Crippen LogP contribution in [0, 0.1) is 0 Å². The molecule has 2 aromatic rings. The fourth-order valence-electron chi connectivity index (χ4n) is 3.71. The first-order valence-electron chi connectivity index (χ1n) is 9.53. The van der Waals surface area contributed by atoms with Crippen LogP contribution in [0.5, 0.6) is 0 Å². The van der Waals surface area contributed by atoms with Crippen LogP contribution in [0.25, 0.3) is 11.4 Å². The topological polar surface area (TPSA) is 71.2 Å². The van der Waals surface area contributed by atoms with Crippen molar-refractivity contribution in [1.29, 1.82) is 0 Å². The summed E-state index contributed by atoms with van der Waals surface area (Å²) in [6.07, 6.45) is 7.17. The van der Waals surface area contributed by atoms with Gasteiger partial charge in [0.15, 0.2) is 5.82 Å². The van der Waals surface area contributed by atoms with Gasteiger partial charge in [-0.05, 0) is 38.8 Å². The molecular formula is C20H28N4O2. The molecule has 1 fully saturated rings. The van der Waals surface area contributed by atoms with Crippen molar-refractivity contribution in [3.05, 3.63) is 36.2 Å². The van der Waals surface area contributed by atoms with Crippen molar-refractivity contribution in [2.75, 3.05) is 13.2 Å². The molecule has 1 N–H and O–H groups in total. The van der Waals surface area contributed by atoms with Crippen LogP contribution >= 0.6 is 0 Å². The Hall–Kier alpha value is -2.21. The van der Waals surface area contributed by atoms with Gasteiger partial charge < -0.3 is 10.0 Å². The molecule has 1 aliphatic carbocycles. The Bertz CT molecular complexity index is 718. The lowest BCUT2D eigenvalue weighted by atomic mass is 9.93. The minimum absolute atomic E-state index is 0.00217. The van der Waals surface area contributed by atoms with E-state index in [1.807, 2.05) is 33.8 Å². The number of hydrogen-bond donors (Lipinski definition) is 1. The monoisotopic (exact) mass is 356 g/mol. The van der Waals surface area contributed by atoms with Crippen LogP contribution in [0.2, 0.25) is 0 Å². The summed E-state index contributed by atoms with van der Waals surface area (Å²) in [4.78, 5) is 19.2. The van der Waals surface area contributed by atoms with E-state index in [1.54, 1.807) is 6.33 Å². The number of aliphatic hydroxyl groups is 1. The molecule has 0 atom stereocenters. The summed E-state index contributed by atoms with van der Waals surface area (Å²) in [5.41, 5.74) is 1.60. The molecule has 0 bridgehead atoms. The van der Waals surface area contributed by atoms with Gasteiger partial charge in [0.05, 0.1) is 6.61 Å². The number of rotatable bonds is 6. The Labute approximate surface area is 154 Å². The van der Waals surface area contributed by atoms with Crippen molar-refractivity contribution in [3.63, 3.8) is 0 Å². The summed E-state index contributed by atoms with van der Waals surface area (Å²) in [7, 11) is 0. The molecule has 1 aromatic heterocycles. The third kappa shape index (κ3) is 3.96. The van der Waals surface area contributed by atoms with E-state index in [2.05, 4.69) is 23.9 Å². The second-order valence-electron chi connectivity index (χ2n) is 7.21. The number of hydrogen-bond acceptors (Lipinski definition) is 4. The lowest BCUT2D eigenvalue weighted by Gasteiger charge is -2.34. The zero-order valence-corrected chi connectivity index (χ0v) is 15.6. The van der Waals surface area contributed by atoms with Crippen molar-refractivity contribution >= 4 is 5.91 Å². The lowest BCUT2D eigenvalue weighted by molar-refractivity contribution is 0.0585. The second kappa shape index (κ2) is 8.45. The molecule has 1 saturated carbocycles. The normalized spacial score (nSPS) is 15.4. The first-order valence-corrected chi connectivity index (χ1v) is 9.53. The van der Waals surface area contributed by atoms with Gasteiger partial charge >= 0.3 is 0 Å². The molecule has 0 radical (unpaired) electrons. The second-order valence-corrected chi connectivity index (χ2v) is 7.21. The van der Waals surface area contributed by atoms with E-state index in [-0.39, 0.29) is 24.6 Å². The van der Waals surface area contributed by atoms with E-state index in [4.69, 9.17) is 0 Å². The Kier molecular flexibility index (Phi) is 6.04. The highest BCUT2D eigenvalue weighted by molar-refractivity contribution is 5.94. The van der Waals surface area contributed by atoms with E-state index in [9.17, 15) is 9.90 Å². The third-order valence-corrected chi connectivity index (χ3v) is 5.07. The van der Waals surface area contributed by atoms with Crippen molar-refractivity contribution in [2.45, 2.75) is 58.0 Å². The van der Waals surface area contributed by atoms with E-state index >= 15 is 0 Å². The molecule has 0 unspecified atom stereocenters. The average Bonchev–Trinajstić information content (AvgIpc) is 3.16. The van der Waals surface area contributed by atoms with Crippen LogP contribution in [0.3, 0.4) is 0 Å². The standard InChI is InChI=1S/C20H28N4O2/c1-15(2)24-19(21-14-22-24)16-8-10-17(11-9-16)20(26)23(12-13-25)18-6-4-3-5-7-18/h8-11,14-15,18,25H,3-7,12-13H2,1-2H3. The van der Waals surface area contributed by atoms with Crippen molar-refractivity contribution < 1.29 is 9.90 Å². The number of amides is 1. The summed E-state index contributed by atoms with van der Waals surface area (Å²) in [5, 5.41) is 13.7. The molecule has 26 heavy (non-hydrogen) atoms.